The number of aromatic nitrogens is 2. The van der Waals surface area contributed by atoms with Crippen molar-refractivity contribution in [3.8, 4) is 6.07 Å². The van der Waals surface area contributed by atoms with Gasteiger partial charge in [0.25, 0.3) is 5.56 Å². The smallest absolute Gasteiger partial charge is 0.271 e. The third kappa shape index (κ3) is 3.69. The summed E-state index contributed by atoms with van der Waals surface area (Å²) in [5.74, 6) is 0.925. The van der Waals surface area contributed by atoms with Crippen LogP contribution in [-0.2, 0) is 6.42 Å². The van der Waals surface area contributed by atoms with E-state index in [1.807, 2.05) is 38.1 Å². The highest BCUT2D eigenvalue weighted by molar-refractivity contribution is 5.50. The molecule has 0 aliphatic rings. The SMILES string of the molecule is CCCNc1nc(Cc2cccc(C)c2)[nH]c(=O)c1C#N. The summed E-state index contributed by atoms with van der Waals surface area (Å²) >= 11 is 0. The van der Waals surface area contributed by atoms with E-state index in [4.69, 9.17) is 5.26 Å². The molecule has 0 fully saturated rings. The molecule has 2 aromatic rings. The Balaban J connectivity index is 2.34. The van der Waals surface area contributed by atoms with Crippen LogP contribution in [0.15, 0.2) is 29.1 Å². The third-order valence-electron chi connectivity index (χ3n) is 3.08. The van der Waals surface area contributed by atoms with E-state index in [2.05, 4.69) is 21.4 Å². The van der Waals surface area contributed by atoms with Gasteiger partial charge in [0.1, 0.15) is 11.9 Å². The number of anilines is 1. The summed E-state index contributed by atoms with van der Waals surface area (Å²) < 4.78 is 0. The van der Waals surface area contributed by atoms with E-state index in [0.29, 0.717) is 24.6 Å². The lowest BCUT2D eigenvalue weighted by Gasteiger charge is -2.08. The van der Waals surface area contributed by atoms with Crippen molar-refractivity contribution in [2.24, 2.45) is 0 Å². The Kier molecular flexibility index (Phi) is 4.72. The van der Waals surface area contributed by atoms with Gasteiger partial charge in [-0.2, -0.15) is 5.26 Å². The monoisotopic (exact) mass is 282 g/mol. The van der Waals surface area contributed by atoms with Gasteiger partial charge >= 0.3 is 0 Å². The van der Waals surface area contributed by atoms with Gasteiger partial charge in [0.2, 0.25) is 0 Å². The first-order valence-corrected chi connectivity index (χ1v) is 6.96. The van der Waals surface area contributed by atoms with Gasteiger partial charge in [-0.15, -0.1) is 0 Å². The zero-order valence-electron chi connectivity index (χ0n) is 12.2. The second kappa shape index (κ2) is 6.71. The zero-order chi connectivity index (χ0) is 15.2. The summed E-state index contributed by atoms with van der Waals surface area (Å²) in [6, 6.07) is 9.94. The molecule has 1 heterocycles. The number of rotatable bonds is 5. The lowest BCUT2D eigenvalue weighted by molar-refractivity contribution is 0.913. The van der Waals surface area contributed by atoms with Gasteiger partial charge in [-0.25, -0.2) is 4.98 Å². The molecule has 0 amide bonds. The largest absolute Gasteiger partial charge is 0.369 e. The molecule has 5 nitrogen and oxygen atoms in total. The van der Waals surface area contributed by atoms with Gasteiger partial charge in [-0.1, -0.05) is 36.8 Å². The van der Waals surface area contributed by atoms with Crippen molar-refractivity contribution >= 4 is 5.82 Å². The summed E-state index contributed by atoms with van der Waals surface area (Å²) in [5, 5.41) is 12.1. The van der Waals surface area contributed by atoms with Crippen LogP contribution in [0.5, 0.6) is 0 Å². The molecule has 21 heavy (non-hydrogen) atoms. The van der Waals surface area contributed by atoms with E-state index in [1.165, 1.54) is 0 Å². The number of nitrogens with one attached hydrogen (secondary N) is 2. The molecule has 0 unspecified atom stereocenters. The van der Waals surface area contributed by atoms with Crippen molar-refractivity contribution in [3.63, 3.8) is 0 Å². The minimum Gasteiger partial charge on any atom is -0.369 e. The fraction of sp³-hybridized carbons (Fsp3) is 0.312. The Morgan fingerprint density at radius 1 is 1.43 bits per heavy atom. The van der Waals surface area contributed by atoms with Crippen molar-refractivity contribution in [3.05, 3.63) is 57.1 Å². The summed E-state index contributed by atoms with van der Waals surface area (Å²) in [4.78, 5) is 19.0. The number of nitriles is 1. The number of hydrogen-bond donors (Lipinski definition) is 2. The first-order chi connectivity index (χ1) is 10.1. The Morgan fingerprint density at radius 3 is 2.90 bits per heavy atom. The van der Waals surface area contributed by atoms with Crippen LogP contribution in [0.25, 0.3) is 0 Å². The Bertz CT molecular complexity index is 728. The van der Waals surface area contributed by atoms with E-state index < -0.39 is 5.56 Å². The topological polar surface area (TPSA) is 81.6 Å². The van der Waals surface area contributed by atoms with Gasteiger partial charge in [0, 0.05) is 13.0 Å². The molecule has 0 spiro atoms. The zero-order valence-corrected chi connectivity index (χ0v) is 12.2. The van der Waals surface area contributed by atoms with Crippen LogP contribution in [0.3, 0.4) is 0 Å². The average Bonchev–Trinajstić information content (AvgIpc) is 2.45. The van der Waals surface area contributed by atoms with Crippen LogP contribution in [0.4, 0.5) is 5.82 Å². The highest BCUT2D eigenvalue weighted by Gasteiger charge is 2.11. The highest BCUT2D eigenvalue weighted by Crippen LogP contribution is 2.11. The fourth-order valence-electron chi connectivity index (χ4n) is 2.09. The summed E-state index contributed by atoms with van der Waals surface area (Å²) in [6.07, 6.45) is 1.43. The van der Waals surface area contributed by atoms with Crippen molar-refractivity contribution < 1.29 is 0 Å². The number of nitrogens with zero attached hydrogens (tertiary/aromatic N) is 2. The molecule has 0 saturated carbocycles. The Hall–Kier alpha value is -2.61. The maximum Gasteiger partial charge on any atom is 0.271 e. The molecular formula is C16H18N4O. The molecule has 0 aliphatic carbocycles. The quantitative estimate of drug-likeness (QED) is 0.882. The van der Waals surface area contributed by atoms with E-state index in [0.717, 1.165) is 17.5 Å². The second-order valence-corrected chi connectivity index (χ2v) is 4.94. The van der Waals surface area contributed by atoms with Crippen molar-refractivity contribution in [2.45, 2.75) is 26.7 Å². The van der Waals surface area contributed by atoms with E-state index in [-0.39, 0.29) is 5.56 Å². The molecule has 0 atom stereocenters. The van der Waals surface area contributed by atoms with Crippen LogP contribution in [-0.4, -0.2) is 16.5 Å². The minimum absolute atomic E-state index is 0.0384. The fourth-order valence-corrected chi connectivity index (χ4v) is 2.09. The van der Waals surface area contributed by atoms with Crippen LogP contribution in [0.1, 0.15) is 35.9 Å². The molecular weight excluding hydrogens is 264 g/mol. The Labute approximate surface area is 123 Å². The van der Waals surface area contributed by atoms with Gasteiger partial charge < -0.3 is 10.3 Å². The summed E-state index contributed by atoms with van der Waals surface area (Å²) in [6.45, 7) is 4.71. The first kappa shape index (κ1) is 14.8. The summed E-state index contributed by atoms with van der Waals surface area (Å²) in [7, 11) is 0. The molecule has 1 aromatic carbocycles. The predicted molar refractivity (Wildman–Crippen MR) is 82.3 cm³/mol. The minimum atomic E-state index is -0.395. The first-order valence-electron chi connectivity index (χ1n) is 6.96. The molecule has 2 N–H and O–H groups in total. The second-order valence-electron chi connectivity index (χ2n) is 4.94. The molecule has 0 aliphatic heterocycles. The highest BCUT2D eigenvalue weighted by atomic mass is 16.1. The van der Waals surface area contributed by atoms with Gasteiger partial charge in [-0.3, -0.25) is 4.79 Å². The molecule has 0 saturated heterocycles. The molecule has 1 aromatic heterocycles. The third-order valence-corrected chi connectivity index (χ3v) is 3.08. The van der Waals surface area contributed by atoms with Crippen LogP contribution < -0.4 is 10.9 Å². The number of H-pyrrole nitrogens is 1. The maximum atomic E-state index is 12.0. The molecule has 2 rings (SSSR count). The van der Waals surface area contributed by atoms with Crippen molar-refractivity contribution in [1.29, 1.82) is 5.26 Å². The van der Waals surface area contributed by atoms with E-state index >= 15 is 0 Å². The van der Waals surface area contributed by atoms with Crippen molar-refractivity contribution in [1.82, 2.24) is 9.97 Å². The normalized spacial score (nSPS) is 10.1. The van der Waals surface area contributed by atoms with Crippen LogP contribution in [0.2, 0.25) is 0 Å². The van der Waals surface area contributed by atoms with Crippen molar-refractivity contribution in [2.75, 3.05) is 11.9 Å². The predicted octanol–water partition coefficient (Wildman–Crippen LogP) is 2.36. The standard InChI is InChI=1S/C16H18N4O/c1-3-7-18-15-13(10-17)16(21)20-14(19-15)9-12-6-4-5-11(2)8-12/h4-6,8H,3,7,9H2,1-2H3,(H2,18,19,20,21). The maximum absolute atomic E-state index is 12.0. The summed E-state index contributed by atoms with van der Waals surface area (Å²) in [5.41, 5.74) is 1.88. The molecule has 108 valence electrons. The molecule has 5 heteroatoms. The van der Waals surface area contributed by atoms with E-state index in [1.54, 1.807) is 0 Å². The van der Waals surface area contributed by atoms with Gasteiger partial charge in [-0.05, 0) is 18.9 Å². The van der Waals surface area contributed by atoms with Gasteiger partial charge in [0.15, 0.2) is 11.4 Å². The van der Waals surface area contributed by atoms with Gasteiger partial charge in [0.05, 0.1) is 0 Å². The van der Waals surface area contributed by atoms with E-state index in [9.17, 15) is 4.79 Å². The molecule has 0 bridgehead atoms. The number of hydrogen-bond acceptors (Lipinski definition) is 4. The molecule has 0 radical (unpaired) electrons. The van der Waals surface area contributed by atoms with Crippen LogP contribution >= 0.6 is 0 Å². The number of benzene rings is 1. The number of aryl methyl sites for hydroxylation is 1. The lowest BCUT2D eigenvalue weighted by Crippen LogP contribution is -2.19. The number of aromatic amines is 1. The average molecular weight is 282 g/mol. The lowest BCUT2D eigenvalue weighted by atomic mass is 10.1. The van der Waals surface area contributed by atoms with Crippen LogP contribution in [0, 0.1) is 18.3 Å². The Morgan fingerprint density at radius 2 is 2.24 bits per heavy atom.